The molecule has 0 atom stereocenters. The fourth-order valence-electron chi connectivity index (χ4n) is 2.64. The van der Waals surface area contributed by atoms with Crippen LogP contribution >= 0.6 is 0 Å². The Morgan fingerprint density at radius 3 is 2.41 bits per heavy atom. The Labute approximate surface area is 157 Å². The SMILES string of the molecule is CNC(=O)COC(=O)c1ccc(-n2nc(C)c(CCC(=O)OC)c2C)cc1. The summed E-state index contributed by atoms with van der Waals surface area (Å²) >= 11 is 0. The second kappa shape index (κ2) is 8.98. The number of methoxy groups -OCH3 is 1. The molecule has 1 aromatic carbocycles. The molecular formula is C19H23N3O5. The third kappa shape index (κ3) is 4.93. The summed E-state index contributed by atoms with van der Waals surface area (Å²) in [6.45, 7) is 3.50. The lowest BCUT2D eigenvalue weighted by molar-refractivity contribution is -0.140. The number of amides is 1. The molecule has 0 aliphatic carbocycles. The molecule has 0 radical (unpaired) electrons. The van der Waals surface area contributed by atoms with Crippen LogP contribution in [0.15, 0.2) is 24.3 Å². The molecule has 27 heavy (non-hydrogen) atoms. The lowest BCUT2D eigenvalue weighted by Gasteiger charge is -2.07. The van der Waals surface area contributed by atoms with Gasteiger partial charge in [0.25, 0.3) is 5.91 Å². The van der Waals surface area contributed by atoms with Gasteiger partial charge in [-0.2, -0.15) is 5.10 Å². The zero-order valence-corrected chi connectivity index (χ0v) is 15.9. The molecular weight excluding hydrogens is 350 g/mol. The van der Waals surface area contributed by atoms with Gasteiger partial charge in [0.15, 0.2) is 6.61 Å². The van der Waals surface area contributed by atoms with Crippen molar-refractivity contribution >= 4 is 17.8 Å². The van der Waals surface area contributed by atoms with Crippen molar-refractivity contribution in [1.29, 1.82) is 0 Å². The number of rotatable bonds is 7. The van der Waals surface area contributed by atoms with Gasteiger partial charge in [0.05, 0.1) is 24.1 Å². The first-order chi connectivity index (χ1) is 12.9. The van der Waals surface area contributed by atoms with Gasteiger partial charge in [-0.05, 0) is 50.1 Å². The van der Waals surface area contributed by atoms with Crippen LogP contribution in [0.2, 0.25) is 0 Å². The maximum Gasteiger partial charge on any atom is 0.338 e. The Hall–Kier alpha value is -3.16. The summed E-state index contributed by atoms with van der Waals surface area (Å²) in [5.41, 5.74) is 3.88. The van der Waals surface area contributed by atoms with Crippen LogP contribution in [0.4, 0.5) is 0 Å². The van der Waals surface area contributed by atoms with E-state index in [-0.39, 0.29) is 18.5 Å². The quantitative estimate of drug-likeness (QED) is 0.739. The molecule has 144 valence electrons. The van der Waals surface area contributed by atoms with E-state index in [1.165, 1.54) is 14.2 Å². The van der Waals surface area contributed by atoms with Crippen molar-refractivity contribution < 1.29 is 23.9 Å². The van der Waals surface area contributed by atoms with Crippen LogP contribution in [0.1, 0.15) is 33.7 Å². The highest BCUT2D eigenvalue weighted by Gasteiger charge is 2.15. The number of likely N-dealkylation sites (N-methyl/N-ethyl adjacent to an activating group) is 1. The van der Waals surface area contributed by atoms with E-state index in [2.05, 4.69) is 15.2 Å². The number of esters is 2. The molecule has 1 heterocycles. The zero-order chi connectivity index (χ0) is 20.0. The molecule has 0 spiro atoms. The van der Waals surface area contributed by atoms with Crippen LogP contribution in [0.3, 0.4) is 0 Å². The molecule has 1 amide bonds. The zero-order valence-electron chi connectivity index (χ0n) is 15.9. The minimum atomic E-state index is -0.572. The summed E-state index contributed by atoms with van der Waals surface area (Å²) in [5, 5.41) is 6.91. The number of carbonyl (C=O) groups is 3. The van der Waals surface area contributed by atoms with Crippen LogP contribution in [0.25, 0.3) is 5.69 Å². The average molecular weight is 373 g/mol. The molecule has 8 heteroatoms. The molecule has 0 bridgehead atoms. The lowest BCUT2D eigenvalue weighted by atomic mass is 10.1. The van der Waals surface area contributed by atoms with Crippen molar-refractivity contribution in [1.82, 2.24) is 15.1 Å². The first-order valence-corrected chi connectivity index (χ1v) is 8.47. The molecule has 1 N–H and O–H groups in total. The predicted octanol–water partition coefficient (Wildman–Crippen LogP) is 1.50. The van der Waals surface area contributed by atoms with Gasteiger partial charge in [0.1, 0.15) is 0 Å². The Kier molecular flexibility index (Phi) is 6.70. The van der Waals surface area contributed by atoms with E-state index in [9.17, 15) is 14.4 Å². The van der Waals surface area contributed by atoms with E-state index in [1.54, 1.807) is 28.9 Å². The van der Waals surface area contributed by atoms with E-state index in [0.717, 1.165) is 22.6 Å². The second-order valence-corrected chi connectivity index (χ2v) is 5.93. The summed E-state index contributed by atoms with van der Waals surface area (Å²) in [7, 11) is 2.84. The summed E-state index contributed by atoms with van der Waals surface area (Å²) in [4.78, 5) is 34.5. The maximum atomic E-state index is 11.9. The molecule has 2 aromatic rings. The number of hydrogen-bond acceptors (Lipinski definition) is 6. The molecule has 8 nitrogen and oxygen atoms in total. The van der Waals surface area contributed by atoms with Crippen molar-refractivity contribution in [2.45, 2.75) is 26.7 Å². The molecule has 2 rings (SSSR count). The summed E-state index contributed by atoms with van der Waals surface area (Å²) in [6.07, 6.45) is 0.841. The van der Waals surface area contributed by atoms with Gasteiger partial charge in [-0.15, -0.1) is 0 Å². The van der Waals surface area contributed by atoms with Crippen molar-refractivity contribution in [2.24, 2.45) is 0 Å². The van der Waals surface area contributed by atoms with Crippen LogP contribution < -0.4 is 5.32 Å². The largest absolute Gasteiger partial charge is 0.469 e. The molecule has 0 aliphatic heterocycles. The topological polar surface area (TPSA) is 99.5 Å². The molecule has 0 fully saturated rings. The van der Waals surface area contributed by atoms with Crippen molar-refractivity contribution in [3.63, 3.8) is 0 Å². The van der Waals surface area contributed by atoms with E-state index >= 15 is 0 Å². The number of nitrogens with one attached hydrogen (secondary N) is 1. The van der Waals surface area contributed by atoms with Gasteiger partial charge < -0.3 is 14.8 Å². The van der Waals surface area contributed by atoms with Crippen LogP contribution in [0, 0.1) is 13.8 Å². The van der Waals surface area contributed by atoms with E-state index in [0.29, 0.717) is 18.4 Å². The average Bonchev–Trinajstić information content (AvgIpc) is 2.97. The first kappa shape index (κ1) is 20.2. The van der Waals surface area contributed by atoms with E-state index in [4.69, 9.17) is 4.74 Å². The molecule has 0 saturated heterocycles. The third-order valence-corrected chi connectivity index (χ3v) is 4.21. The Morgan fingerprint density at radius 1 is 1.15 bits per heavy atom. The highest BCUT2D eigenvalue weighted by molar-refractivity contribution is 5.91. The maximum absolute atomic E-state index is 11.9. The van der Waals surface area contributed by atoms with Crippen LogP contribution in [0.5, 0.6) is 0 Å². The summed E-state index contributed by atoms with van der Waals surface area (Å²) in [5.74, 6) is -1.21. The Balaban J connectivity index is 2.14. The molecule has 0 unspecified atom stereocenters. The number of aryl methyl sites for hydroxylation is 1. The Bertz CT molecular complexity index is 840. The summed E-state index contributed by atoms with van der Waals surface area (Å²) < 4.78 is 11.4. The van der Waals surface area contributed by atoms with Gasteiger partial charge >= 0.3 is 11.9 Å². The standard InChI is InChI=1S/C19H23N3O5/c1-12-16(9-10-18(24)26-4)13(2)22(21-12)15-7-5-14(6-8-15)19(25)27-11-17(23)20-3/h5-8H,9-11H2,1-4H3,(H,20,23). The number of hydrogen-bond donors (Lipinski definition) is 1. The molecule has 0 saturated carbocycles. The molecule has 0 aliphatic rings. The highest BCUT2D eigenvalue weighted by atomic mass is 16.5. The fraction of sp³-hybridized carbons (Fsp3) is 0.368. The van der Waals surface area contributed by atoms with Crippen molar-refractivity contribution in [3.05, 3.63) is 46.8 Å². The van der Waals surface area contributed by atoms with Gasteiger partial charge in [0, 0.05) is 19.2 Å². The minimum Gasteiger partial charge on any atom is -0.469 e. The normalized spacial score (nSPS) is 10.4. The number of carbonyl (C=O) groups excluding carboxylic acids is 3. The number of nitrogens with zero attached hydrogens (tertiary/aromatic N) is 2. The molecule has 1 aromatic heterocycles. The van der Waals surface area contributed by atoms with Gasteiger partial charge in [-0.25, -0.2) is 9.48 Å². The second-order valence-electron chi connectivity index (χ2n) is 5.93. The predicted molar refractivity (Wildman–Crippen MR) is 97.7 cm³/mol. The van der Waals surface area contributed by atoms with Crippen LogP contribution in [-0.2, 0) is 25.5 Å². The third-order valence-electron chi connectivity index (χ3n) is 4.21. The fourth-order valence-corrected chi connectivity index (χ4v) is 2.64. The number of ether oxygens (including phenoxy) is 2. The van der Waals surface area contributed by atoms with Gasteiger partial charge in [0.2, 0.25) is 0 Å². The Morgan fingerprint density at radius 2 is 1.81 bits per heavy atom. The monoisotopic (exact) mass is 373 g/mol. The minimum absolute atomic E-state index is 0.263. The van der Waals surface area contributed by atoms with Crippen molar-refractivity contribution in [3.8, 4) is 5.69 Å². The first-order valence-electron chi connectivity index (χ1n) is 8.47. The smallest absolute Gasteiger partial charge is 0.338 e. The summed E-state index contributed by atoms with van der Waals surface area (Å²) in [6, 6.07) is 6.73. The van der Waals surface area contributed by atoms with Gasteiger partial charge in [-0.3, -0.25) is 9.59 Å². The van der Waals surface area contributed by atoms with E-state index in [1.807, 2.05) is 13.8 Å². The number of benzene rings is 1. The van der Waals surface area contributed by atoms with Gasteiger partial charge in [-0.1, -0.05) is 0 Å². The van der Waals surface area contributed by atoms with E-state index < -0.39 is 5.97 Å². The van der Waals surface area contributed by atoms with Crippen LogP contribution in [-0.4, -0.2) is 48.4 Å². The number of aromatic nitrogens is 2. The lowest BCUT2D eigenvalue weighted by Crippen LogP contribution is -2.25. The van der Waals surface area contributed by atoms with Crippen molar-refractivity contribution in [2.75, 3.05) is 20.8 Å². The highest BCUT2D eigenvalue weighted by Crippen LogP contribution is 2.20.